The summed E-state index contributed by atoms with van der Waals surface area (Å²) in [5.41, 5.74) is 4.15. The van der Waals surface area contributed by atoms with Crippen LogP contribution in [0.4, 0.5) is 4.79 Å². The number of fused-ring (bicyclic) bond motifs is 3. The fourth-order valence-electron chi connectivity index (χ4n) is 5.93. The molecule has 5 rings (SSSR count). The highest BCUT2D eigenvalue weighted by Crippen LogP contribution is 2.44. The molecule has 1 aliphatic heterocycles. The lowest BCUT2D eigenvalue weighted by Gasteiger charge is -2.41. The minimum Gasteiger partial charge on any atom is -0.481 e. The highest BCUT2D eigenvalue weighted by Gasteiger charge is 2.41. The Labute approximate surface area is 205 Å². The molecule has 7 heteroatoms. The number of amides is 2. The molecular weight excluding hydrogens is 444 g/mol. The third-order valence-electron chi connectivity index (χ3n) is 7.84. The molecule has 0 radical (unpaired) electrons. The van der Waals surface area contributed by atoms with Crippen molar-refractivity contribution in [2.45, 2.75) is 56.4 Å². The molecule has 7 nitrogen and oxygen atoms in total. The zero-order valence-electron chi connectivity index (χ0n) is 19.9. The minimum atomic E-state index is -0.799. The smallest absolute Gasteiger partial charge is 0.407 e. The third-order valence-corrected chi connectivity index (χ3v) is 7.84. The predicted molar refractivity (Wildman–Crippen MR) is 131 cm³/mol. The number of rotatable bonds is 8. The lowest BCUT2D eigenvalue weighted by atomic mass is 9.89. The quantitative estimate of drug-likeness (QED) is 0.583. The molecule has 2 N–H and O–H groups in total. The maximum atomic E-state index is 12.9. The number of benzene rings is 2. The largest absolute Gasteiger partial charge is 0.481 e. The monoisotopic (exact) mass is 476 g/mol. The van der Waals surface area contributed by atoms with Crippen molar-refractivity contribution < 1.29 is 24.2 Å². The number of likely N-dealkylation sites (tertiary alicyclic amines) is 1. The predicted octanol–water partition coefficient (Wildman–Crippen LogP) is 4.55. The molecule has 0 bridgehead atoms. The molecule has 3 aliphatic rings. The number of alkyl carbamates (subject to hydrolysis) is 1. The number of carbonyl (C=O) groups is 3. The molecule has 2 fully saturated rings. The summed E-state index contributed by atoms with van der Waals surface area (Å²) in [5.74, 6) is -0.521. The van der Waals surface area contributed by atoms with E-state index in [2.05, 4.69) is 29.6 Å². The number of nitrogens with zero attached hydrogens (tertiary/aromatic N) is 1. The van der Waals surface area contributed by atoms with Crippen molar-refractivity contribution in [1.82, 2.24) is 10.2 Å². The molecule has 0 aromatic heterocycles. The number of aliphatic carboxylic acids is 1. The summed E-state index contributed by atoms with van der Waals surface area (Å²) in [6, 6.07) is 16.5. The van der Waals surface area contributed by atoms with E-state index in [0.717, 1.165) is 25.7 Å². The molecule has 1 saturated carbocycles. The van der Waals surface area contributed by atoms with E-state index in [1.165, 1.54) is 22.3 Å². The van der Waals surface area contributed by atoms with Gasteiger partial charge in [0, 0.05) is 25.4 Å². The molecule has 2 aliphatic carbocycles. The van der Waals surface area contributed by atoms with Crippen LogP contribution in [0.5, 0.6) is 0 Å². The van der Waals surface area contributed by atoms with Crippen molar-refractivity contribution in [3.63, 3.8) is 0 Å². The summed E-state index contributed by atoms with van der Waals surface area (Å²) >= 11 is 0. The lowest BCUT2D eigenvalue weighted by Crippen LogP contribution is -2.55. The van der Waals surface area contributed by atoms with E-state index >= 15 is 0 Å². The molecule has 35 heavy (non-hydrogen) atoms. The number of ether oxygens (including phenoxy) is 1. The number of hydrogen-bond donors (Lipinski definition) is 2. The minimum absolute atomic E-state index is 0.00173. The first-order valence-corrected chi connectivity index (χ1v) is 12.6. The maximum Gasteiger partial charge on any atom is 0.407 e. The van der Waals surface area contributed by atoms with E-state index in [-0.39, 0.29) is 37.2 Å². The van der Waals surface area contributed by atoms with E-state index in [4.69, 9.17) is 9.84 Å². The molecule has 0 unspecified atom stereocenters. The van der Waals surface area contributed by atoms with Gasteiger partial charge in [0.1, 0.15) is 6.61 Å². The van der Waals surface area contributed by atoms with Gasteiger partial charge in [-0.25, -0.2) is 4.79 Å². The molecule has 2 aromatic carbocycles. The fraction of sp³-hybridized carbons (Fsp3) is 0.464. The van der Waals surface area contributed by atoms with Gasteiger partial charge in [-0.15, -0.1) is 0 Å². The van der Waals surface area contributed by atoms with Gasteiger partial charge < -0.3 is 20.1 Å². The van der Waals surface area contributed by atoms with Crippen molar-refractivity contribution in [1.29, 1.82) is 0 Å². The Hall–Kier alpha value is -3.35. The Balaban J connectivity index is 1.17. The highest BCUT2D eigenvalue weighted by molar-refractivity contribution is 5.80. The summed E-state index contributed by atoms with van der Waals surface area (Å²) in [6.45, 7) is 1.46. The summed E-state index contributed by atoms with van der Waals surface area (Å²) in [4.78, 5) is 38.4. The van der Waals surface area contributed by atoms with Crippen molar-refractivity contribution in [2.75, 3.05) is 19.7 Å². The Bertz CT molecular complexity index is 1070. The van der Waals surface area contributed by atoms with Crippen molar-refractivity contribution in [3.05, 3.63) is 59.7 Å². The van der Waals surface area contributed by atoms with Gasteiger partial charge in [0.2, 0.25) is 5.91 Å². The summed E-state index contributed by atoms with van der Waals surface area (Å²) in [7, 11) is 0. The Morgan fingerprint density at radius 3 is 2.17 bits per heavy atom. The molecule has 0 atom stereocenters. The molecule has 1 heterocycles. The van der Waals surface area contributed by atoms with Gasteiger partial charge in [-0.1, -0.05) is 61.4 Å². The fourth-order valence-corrected chi connectivity index (χ4v) is 5.93. The van der Waals surface area contributed by atoms with Crippen LogP contribution in [-0.4, -0.2) is 53.2 Å². The summed E-state index contributed by atoms with van der Waals surface area (Å²) < 4.78 is 5.75. The van der Waals surface area contributed by atoms with E-state index in [9.17, 15) is 14.4 Å². The van der Waals surface area contributed by atoms with Gasteiger partial charge in [-0.05, 0) is 47.4 Å². The number of carboxylic acid groups (broad SMARTS) is 1. The van der Waals surface area contributed by atoms with Crippen molar-refractivity contribution in [2.24, 2.45) is 5.92 Å². The second kappa shape index (κ2) is 9.72. The lowest BCUT2D eigenvalue weighted by molar-refractivity contribution is -0.140. The van der Waals surface area contributed by atoms with Crippen LogP contribution in [-0.2, 0) is 14.3 Å². The zero-order chi connectivity index (χ0) is 24.4. The average molecular weight is 477 g/mol. The first kappa shape index (κ1) is 23.4. The van der Waals surface area contributed by atoms with E-state index in [0.29, 0.717) is 19.5 Å². The molecule has 2 aromatic rings. The van der Waals surface area contributed by atoms with Crippen molar-refractivity contribution in [3.8, 4) is 11.1 Å². The van der Waals surface area contributed by atoms with Gasteiger partial charge in [-0.3, -0.25) is 9.59 Å². The number of hydrogen-bond acceptors (Lipinski definition) is 4. The topological polar surface area (TPSA) is 95.9 Å². The molecule has 0 spiro atoms. The van der Waals surface area contributed by atoms with Crippen LogP contribution in [0, 0.1) is 5.92 Å². The van der Waals surface area contributed by atoms with E-state index in [1.807, 2.05) is 24.3 Å². The Morgan fingerprint density at radius 1 is 0.971 bits per heavy atom. The number of carbonyl (C=O) groups excluding carboxylic acids is 2. The van der Waals surface area contributed by atoms with Crippen LogP contribution in [0.2, 0.25) is 0 Å². The molecular formula is C28H32N2O5. The second-order valence-corrected chi connectivity index (χ2v) is 10.2. The normalized spacial score (nSPS) is 18.5. The Morgan fingerprint density at radius 2 is 1.57 bits per heavy atom. The van der Waals surface area contributed by atoms with Gasteiger partial charge in [-0.2, -0.15) is 0 Å². The number of carboxylic acids is 1. The van der Waals surface area contributed by atoms with Crippen LogP contribution in [0.25, 0.3) is 11.1 Å². The second-order valence-electron chi connectivity index (χ2n) is 10.2. The van der Waals surface area contributed by atoms with Gasteiger partial charge in [0.15, 0.2) is 0 Å². The maximum absolute atomic E-state index is 12.9. The average Bonchev–Trinajstić information content (AvgIpc) is 3.39. The van der Waals surface area contributed by atoms with Crippen LogP contribution in [0.3, 0.4) is 0 Å². The van der Waals surface area contributed by atoms with Gasteiger partial charge >= 0.3 is 12.1 Å². The van der Waals surface area contributed by atoms with Crippen LogP contribution < -0.4 is 5.32 Å². The molecule has 1 saturated heterocycles. The Kier molecular flexibility index (Phi) is 6.50. The third kappa shape index (κ3) is 4.90. The summed E-state index contributed by atoms with van der Waals surface area (Å²) in [5, 5.41) is 11.9. The number of nitrogens with one attached hydrogen (secondary N) is 1. The van der Waals surface area contributed by atoms with Crippen molar-refractivity contribution >= 4 is 18.0 Å². The van der Waals surface area contributed by atoms with E-state index in [1.54, 1.807) is 4.90 Å². The SMILES string of the molecule is O=C(O)CCC1CN(C(=O)CC2(NC(=O)OCC3c4ccccc4-c4ccccc43)CCCC2)C1. The first-order chi connectivity index (χ1) is 16.9. The molecule has 2 amide bonds. The van der Waals surface area contributed by atoms with Crippen LogP contribution in [0.15, 0.2) is 48.5 Å². The van der Waals surface area contributed by atoms with Crippen LogP contribution >= 0.6 is 0 Å². The standard InChI is InChI=1S/C28H32N2O5/c31-25(30-16-19(17-30)11-12-26(32)33)15-28(13-5-6-14-28)29-27(34)35-18-24-22-9-3-1-7-20(22)21-8-2-4-10-23(21)24/h1-4,7-10,19,24H,5-6,11-18H2,(H,29,34)(H,32,33). The van der Waals surface area contributed by atoms with Gasteiger partial charge in [0.25, 0.3) is 0 Å². The zero-order valence-corrected chi connectivity index (χ0v) is 19.9. The summed E-state index contributed by atoms with van der Waals surface area (Å²) in [6.07, 6.45) is 4.00. The first-order valence-electron chi connectivity index (χ1n) is 12.6. The van der Waals surface area contributed by atoms with Gasteiger partial charge in [0.05, 0.1) is 12.0 Å². The molecule has 184 valence electrons. The highest BCUT2D eigenvalue weighted by atomic mass is 16.5. The van der Waals surface area contributed by atoms with Crippen LogP contribution in [0.1, 0.15) is 62.0 Å². The van der Waals surface area contributed by atoms with E-state index < -0.39 is 17.6 Å².